The van der Waals surface area contributed by atoms with Gasteiger partial charge in [-0.05, 0) is 0 Å². The molecular formula is C6H8CaO10Si. The summed E-state index contributed by atoms with van der Waals surface area (Å²) in [6, 6.07) is 0. The molecule has 0 heterocycles. The average Bonchev–Trinajstić information content (AvgIpc) is 1.98. The summed E-state index contributed by atoms with van der Waals surface area (Å²) in [5.74, 6) is -5.02. The van der Waals surface area contributed by atoms with Crippen molar-refractivity contribution >= 4 is 64.8 Å². The molecule has 0 radical (unpaired) electrons. The van der Waals surface area contributed by atoms with Crippen LogP contribution in [-0.4, -0.2) is 90.8 Å². The first-order chi connectivity index (χ1) is 7.51. The molecule has 0 amide bonds. The molecule has 0 aliphatic rings. The second-order valence-electron chi connectivity index (χ2n) is 2.73. The van der Waals surface area contributed by atoms with Gasteiger partial charge in [0.1, 0.15) is 0 Å². The van der Waals surface area contributed by atoms with Gasteiger partial charge >= 0.3 is 55.6 Å². The Labute approximate surface area is 131 Å². The Morgan fingerprint density at radius 1 is 1.00 bits per heavy atom. The van der Waals surface area contributed by atoms with Crippen molar-refractivity contribution in [2.75, 3.05) is 0 Å². The van der Waals surface area contributed by atoms with Crippen LogP contribution in [0.5, 0.6) is 0 Å². The number of carbonyl (C=O) groups is 3. The third-order valence-electron chi connectivity index (χ3n) is 1.29. The predicted octanol–water partition coefficient (Wildman–Crippen LogP) is -4.51. The van der Waals surface area contributed by atoms with Gasteiger partial charge in [0.15, 0.2) is 5.60 Å². The summed E-state index contributed by atoms with van der Waals surface area (Å²) in [7, 11) is -3.63. The Kier molecular flexibility index (Phi) is 12.7. The molecule has 10 nitrogen and oxygen atoms in total. The first-order valence-corrected chi connectivity index (χ1v) is 5.01. The van der Waals surface area contributed by atoms with Gasteiger partial charge in [-0.25, -0.2) is 4.79 Å². The van der Waals surface area contributed by atoms with Crippen LogP contribution in [0.4, 0.5) is 0 Å². The van der Waals surface area contributed by atoms with Crippen LogP contribution in [0.3, 0.4) is 0 Å². The van der Waals surface area contributed by atoms with Gasteiger partial charge in [-0.3, -0.25) is 9.59 Å². The Morgan fingerprint density at radius 2 is 1.22 bits per heavy atom. The molecule has 98 valence electrons. The standard InChI is InChI=1S/C6H8O7.Ca.O3Si/c7-3(8)1-6(13,5(11)12)2-4(9)10;;1-4(2)3/h13H,1-2H2,(H,7,8)(H,9,10)(H,11,12);;/q;+2;-2. The van der Waals surface area contributed by atoms with E-state index < -0.39 is 45.5 Å². The number of rotatable bonds is 5. The van der Waals surface area contributed by atoms with E-state index in [-0.39, 0.29) is 37.7 Å². The van der Waals surface area contributed by atoms with Crippen LogP contribution in [0, 0.1) is 0 Å². The summed E-state index contributed by atoms with van der Waals surface area (Å²) in [5, 5.41) is 33.8. The van der Waals surface area contributed by atoms with Gasteiger partial charge in [-0.2, -0.15) is 0 Å². The second kappa shape index (κ2) is 10.2. The van der Waals surface area contributed by atoms with E-state index in [0.717, 1.165) is 0 Å². The molecule has 0 spiro atoms. The third kappa shape index (κ3) is 13.3. The number of carboxylic acid groups (broad SMARTS) is 3. The molecule has 0 unspecified atom stereocenters. The van der Waals surface area contributed by atoms with Crippen molar-refractivity contribution in [2.45, 2.75) is 18.4 Å². The van der Waals surface area contributed by atoms with Crippen LogP contribution in [0.2, 0.25) is 0 Å². The first kappa shape index (κ1) is 22.4. The number of aliphatic carboxylic acids is 3. The zero-order valence-corrected chi connectivity index (χ0v) is 12.1. The van der Waals surface area contributed by atoms with Crippen molar-refractivity contribution < 1.29 is 48.9 Å². The minimum atomic E-state index is -3.63. The summed E-state index contributed by atoms with van der Waals surface area (Å²) in [6.07, 6.45) is -2.29. The molecule has 0 rings (SSSR count). The van der Waals surface area contributed by atoms with Gasteiger partial charge in [0.05, 0.1) is 12.8 Å². The van der Waals surface area contributed by atoms with Crippen molar-refractivity contribution in [3.8, 4) is 0 Å². The molecular weight excluding hydrogens is 300 g/mol. The Morgan fingerprint density at radius 3 is 1.33 bits per heavy atom. The molecule has 0 aliphatic heterocycles. The molecule has 12 heteroatoms. The molecule has 18 heavy (non-hydrogen) atoms. The Bertz CT molecular complexity index is 308. The van der Waals surface area contributed by atoms with Crippen LogP contribution in [0.25, 0.3) is 0 Å². The Hall–Kier alpha value is -0.753. The van der Waals surface area contributed by atoms with E-state index in [9.17, 15) is 14.4 Å². The zero-order valence-electron chi connectivity index (χ0n) is 8.86. The fourth-order valence-corrected chi connectivity index (χ4v) is 0.714. The molecule has 4 N–H and O–H groups in total. The molecule has 0 aromatic heterocycles. The molecule has 0 saturated carbocycles. The quantitative estimate of drug-likeness (QED) is 0.359. The largest absolute Gasteiger partial charge is 2.00 e. The van der Waals surface area contributed by atoms with Crippen LogP contribution in [0.15, 0.2) is 0 Å². The molecule has 0 bridgehead atoms. The smallest absolute Gasteiger partial charge is 0.672 e. The molecule has 0 aromatic rings. The molecule has 0 fully saturated rings. The van der Waals surface area contributed by atoms with Crippen LogP contribution >= 0.6 is 0 Å². The fourth-order valence-electron chi connectivity index (χ4n) is 0.714. The predicted molar refractivity (Wildman–Crippen MR) is 49.3 cm³/mol. The second-order valence-corrected chi connectivity index (χ2v) is 3.23. The third-order valence-corrected chi connectivity index (χ3v) is 1.29. The van der Waals surface area contributed by atoms with E-state index in [1.807, 2.05) is 0 Å². The maximum Gasteiger partial charge on any atom is 2.00 e. The number of hydrogen-bond donors (Lipinski definition) is 4. The number of aliphatic hydroxyl groups is 1. The fraction of sp³-hybridized carbons (Fsp3) is 0.500. The summed E-state index contributed by atoms with van der Waals surface area (Å²) in [5.41, 5.74) is -2.74. The number of carboxylic acids is 3. The molecule has 0 aliphatic carbocycles. The maximum atomic E-state index is 10.3. The normalized spacial score (nSPS) is 9.17. The van der Waals surface area contributed by atoms with Crippen LogP contribution in [-0.2, 0) is 18.8 Å². The van der Waals surface area contributed by atoms with Gasteiger partial charge in [0.2, 0.25) is 0 Å². The maximum absolute atomic E-state index is 10.3. The van der Waals surface area contributed by atoms with Gasteiger partial charge in [-0.15, -0.1) is 0 Å². The van der Waals surface area contributed by atoms with Crippen molar-refractivity contribution in [2.24, 2.45) is 0 Å². The van der Waals surface area contributed by atoms with Crippen molar-refractivity contribution in [1.82, 2.24) is 0 Å². The zero-order chi connectivity index (χ0) is 14.2. The summed E-state index contributed by atoms with van der Waals surface area (Å²) < 4.78 is 8.52. The SMILES string of the molecule is O=C(O)CC(O)(CC(=O)O)C(=O)O.O=[Si]([O-])[O-].[Ca+2]. The average molecular weight is 308 g/mol. The molecule has 0 aromatic carbocycles. The topological polar surface area (TPSA) is 195 Å². The van der Waals surface area contributed by atoms with E-state index in [1.165, 1.54) is 0 Å². The monoisotopic (exact) mass is 308 g/mol. The Balaban J connectivity index is -0.000000392. The molecule has 0 atom stereocenters. The van der Waals surface area contributed by atoms with Crippen LogP contribution < -0.4 is 9.59 Å². The summed E-state index contributed by atoms with van der Waals surface area (Å²) in [6.45, 7) is 0. The van der Waals surface area contributed by atoms with E-state index in [2.05, 4.69) is 0 Å². The van der Waals surface area contributed by atoms with E-state index >= 15 is 0 Å². The van der Waals surface area contributed by atoms with Crippen molar-refractivity contribution in [3.63, 3.8) is 0 Å². The first-order valence-electron chi connectivity index (χ1n) is 3.78. The molecule has 0 saturated heterocycles. The minimum Gasteiger partial charge on any atom is -0.672 e. The van der Waals surface area contributed by atoms with Crippen molar-refractivity contribution in [3.05, 3.63) is 0 Å². The van der Waals surface area contributed by atoms with Gasteiger partial charge in [0.25, 0.3) is 0 Å². The van der Waals surface area contributed by atoms with E-state index in [1.54, 1.807) is 0 Å². The van der Waals surface area contributed by atoms with E-state index in [4.69, 9.17) is 34.5 Å². The van der Waals surface area contributed by atoms with E-state index in [0.29, 0.717) is 0 Å². The van der Waals surface area contributed by atoms with Gasteiger partial charge in [-0.1, -0.05) is 0 Å². The summed E-state index contributed by atoms with van der Waals surface area (Å²) in [4.78, 5) is 47.5. The number of hydrogen-bond acceptors (Lipinski definition) is 7. The summed E-state index contributed by atoms with van der Waals surface area (Å²) >= 11 is 0. The van der Waals surface area contributed by atoms with Gasteiger partial charge in [0, 0.05) is 9.17 Å². The van der Waals surface area contributed by atoms with Crippen LogP contribution in [0.1, 0.15) is 12.8 Å². The van der Waals surface area contributed by atoms with Gasteiger partial charge < -0.3 is 34.5 Å². The minimum absolute atomic E-state index is 0. The van der Waals surface area contributed by atoms with Crippen molar-refractivity contribution in [1.29, 1.82) is 0 Å².